The van der Waals surface area contributed by atoms with Crippen LogP contribution in [0.25, 0.3) is 0 Å². The average Bonchev–Trinajstić information content (AvgIpc) is 2.65. The van der Waals surface area contributed by atoms with Gasteiger partial charge in [0, 0.05) is 37.6 Å². The van der Waals surface area contributed by atoms with Gasteiger partial charge in [0.05, 0.1) is 25.5 Å². The SMILES string of the molecule is CCNC(=NCCOCCS(C)(=O)=O)NC1CCCN(c2ccccc2)C1. The van der Waals surface area contributed by atoms with Crippen LogP contribution in [0.15, 0.2) is 35.3 Å². The van der Waals surface area contributed by atoms with E-state index in [1.54, 1.807) is 0 Å². The van der Waals surface area contributed by atoms with Gasteiger partial charge in [0.2, 0.25) is 0 Å². The zero-order valence-corrected chi connectivity index (χ0v) is 17.2. The van der Waals surface area contributed by atoms with Crippen molar-refractivity contribution in [1.82, 2.24) is 10.6 Å². The summed E-state index contributed by atoms with van der Waals surface area (Å²) in [7, 11) is -2.97. The van der Waals surface area contributed by atoms with Gasteiger partial charge in [0.15, 0.2) is 5.96 Å². The van der Waals surface area contributed by atoms with Crippen molar-refractivity contribution in [3.05, 3.63) is 30.3 Å². The third-order valence-corrected chi connectivity index (χ3v) is 5.24. The highest BCUT2D eigenvalue weighted by Gasteiger charge is 2.20. The molecule has 1 atom stereocenters. The summed E-state index contributed by atoms with van der Waals surface area (Å²) in [6.07, 6.45) is 3.46. The number of guanidine groups is 1. The standard InChI is InChI=1S/C19H32N4O3S/c1-3-20-19(21-11-13-26-14-15-27(2,24)25)22-17-8-7-12-23(16-17)18-9-5-4-6-10-18/h4-6,9-10,17H,3,7-8,11-16H2,1-2H3,(H2,20,21,22). The minimum Gasteiger partial charge on any atom is -0.378 e. The highest BCUT2D eigenvalue weighted by atomic mass is 32.2. The third kappa shape index (κ3) is 8.62. The van der Waals surface area contributed by atoms with Gasteiger partial charge in [-0.15, -0.1) is 0 Å². The summed E-state index contributed by atoms with van der Waals surface area (Å²) in [4.78, 5) is 6.94. The highest BCUT2D eigenvalue weighted by molar-refractivity contribution is 7.90. The van der Waals surface area contributed by atoms with Gasteiger partial charge in [0.25, 0.3) is 0 Å². The lowest BCUT2D eigenvalue weighted by Crippen LogP contribution is -2.51. The van der Waals surface area contributed by atoms with Crippen LogP contribution >= 0.6 is 0 Å². The summed E-state index contributed by atoms with van der Waals surface area (Å²) < 4.78 is 27.5. The van der Waals surface area contributed by atoms with Gasteiger partial charge in [-0.2, -0.15) is 0 Å². The van der Waals surface area contributed by atoms with Crippen molar-refractivity contribution < 1.29 is 13.2 Å². The van der Waals surface area contributed by atoms with Gasteiger partial charge < -0.3 is 20.3 Å². The Morgan fingerprint density at radius 1 is 1.30 bits per heavy atom. The number of aliphatic imine (C=N–C) groups is 1. The minimum atomic E-state index is -2.97. The molecule has 1 fully saturated rings. The second kappa shape index (κ2) is 11.1. The number of para-hydroxylation sites is 1. The van der Waals surface area contributed by atoms with Gasteiger partial charge >= 0.3 is 0 Å². The summed E-state index contributed by atoms with van der Waals surface area (Å²) in [5, 5.41) is 6.79. The molecule has 0 radical (unpaired) electrons. The quantitative estimate of drug-likeness (QED) is 0.372. The van der Waals surface area contributed by atoms with Crippen LogP contribution in [0.2, 0.25) is 0 Å². The molecule has 2 N–H and O–H groups in total. The van der Waals surface area contributed by atoms with Crippen LogP contribution < -0.4 is 15.5 Å². The van der Waals surface area contributed by atoms with Crippen molar-refractivity contribution in [2.75, 3.05) is 56.3 Å². The molecule has 0 aromatic heterocycles. The molecule has 152 valence electrons. The fourth-order valence-electron chi connectivity index (χ4n) is 3.02. The molecule has 1 aromatic carbocycles. The molecule has 1 aromatic rings. The van der Waals surface area contributed by atoms with E-state index in [1.165, 1.54) is 11.9 Å². The molecule has 0 amide bonds. The van der Waals surface area contributed by atoms with Gasteiger partial charge in [-0.1, -0.05) is 18.2 Å². The summed E-state index contributed by atoms with van der Waals surface area (Å²) in [5.74, 6) is 0.830. The first-order chi connectivity index (χ1) is 13.0. The Hall–Kier alpha value is -1.80. The molecule has 27 heavy (non-hydrogen) atoms. The van der Waals surface area contributed by atoms with Gasteiger partial charge in [-0.25, -0.2) is 8.42 Å². The van der Waals surface area contributed by atoms with Crippen molar-refractivity contribution in [1.29, 1.82) is 0 Å². The average molecular weight is 397 g/mol. The highest BCUT2D eigenvalue weighted by Crippen LogP contribution is 2.19. The second-order valence-electron chi connectivity index (χ2n) is 6.77. The number of sulfone groups is 1. The molecule has 1 saturated heterocycles. The number of anilines is 1. The van der Waals surface area contributed by atoms with Crippen LogP contribution in [0, 0.1) is 0 Å². The summed E-state index contributed by atoms with van der Waals surface area (Å²) in [6, 6.07) is 10.8. The van der Waals surface area contributed by atoms with E-state index in [2.05, 4.69) is 44.8 Å². The number of rotatable bonds is 9. The molecule has 8 heteroatoms. The zero-order valence-electron chi connectivity index (χ0n) is 16.4. The molecule has 0 saturated carbocycles. The van der Waals surface area contributed by atoms with Crippen molar-refractivity contribution in [2.45, 2.75) is 25.8 Å². The molecule has 1 aliphatic heterocycles. The van der Waals surface area contributed by atoms with Crippen LogP contribution in [0.3, 0.4) is 0 Å². The van der Waals surface area contributed by atoms with Crippen molar-refractivity contribution in [3.8, 4) is 0 Å². The first-order valence-electron chi connectivity index (χ1n) is 9.58. The van der Waals surface area contributed by atoms with E-state index in [-0.39, 0.29) is 12.4 Å². The normalized spacial score (nSPS) is 18.4. The summed E-state index contributed by atoms with van der Waals surface area (Å²) in [6.45, 7) is 5.96. The number of piperidine rings is 1. The monoisotopic (exact) mass is 396 g/mol. The number of ether oxygens (including phenoxy) is 1. The maximum Gasteiger partial charge on any atom is 0.191 e. The number of nitrogens with one attached hydrogen (secondary N) is 2. The molecule has 0 spiro atoms. The topological polar surface area (TPSA) is 83.0 Å². The second-order valence-corrected chi connectivity index (χ2v) is 9.03. The Balaban J connectivity index is 1.80. The van der Waals surface area contributed by atoms with E-state index in [1.807, 2.05) is 13.0 Å². The Morgan fingerprint density at radius 2 is 2.07 bits per heavy atom. The van der Waals surface area contributed by atoms with E-state index < -0.39 is 9.84 Å². The van der Waals surface area contributed by atoms with Crippen LogP contribution in [-0.4, -0.2) is 71.8 Å². The van der Waals surface area contributed by atoms with Gasteiger partial charge in [-0.3, -0.25) is 4.99 Å². The van der Waals surface area contributed by atoms with Crippen LogP contribution in [0.4, 0.5) is 5.69 Å². The van der Waals surface area contributed by atoms with Crippen LogP contribution in [-0.2, 0) is 14.6 Å². The van der Waals surface area contributed by atoms with E-state index in [4.69, 9.17) is 4.74 Å². The minimum absolute atomic E-state index is 0.0480. The lowest BCUT2D eigenvalue weighted by Gasteiger charge is -2.35. The first kappa shape index (κ1) is 21.5. The van der Waals surface area contributed by atoms with Crippen molar-refractivity contribution in [3.63, 3.8) is 0 Å². The summed E-state index contributed by atoms with van der Waals surface area (Å²) >= 11 is 0. The first-order valence-corrected chi connectivity index (χ1v) is 11.6. The maximum atomic E-state index is 11.1. The van der Waals surface area contributed by atoms with E-state index in [0.717, 1.165) is 38.4 Å². The number of hydrogen-bond donors (Lipinski definition) is 2. The fraction of sp³-hybridized carbons (Fsp3) is 0.632. The lowest BCUT2D eigenvalue weighted by atomic mass is 10.1. The van der Waals surface area contributed by atoms with Gasteiger partial charge in [-0.05, 0) is 31.9 Å². The molecule has 1 aliphatic rings. The molecule has 2 rings (SSSR count). The van der Waals surface area contributed by atoms with E-state index in [0.29, 0.717) is 19.2 Å². The van der Waals surface area contributed by atoms with E-state index in [9.17, 15) is 8.42 Å². The number of hydrogen-bond acceptors (Lipinski definition) is 5. The Labute approximate surface area is 163 Å². The zero-order chi connectivity index (χ0) is 19.5. The fourth-order valence-corrected chi connectivity index (χ4v) is 3.44. The Bertz CT molecular complexity index is 679. The molecule has 1 unspecified atom stereocenters. The Kier molecular flexibility index (Phi) is 8.87. The Morgan fingerprint density at radius 3 is 2.78 bits per heavy atom. The molecular formula is C19H32N4O3S. The van der Waals surface area contributed by atoms with Crippen molar-refractivity contribution >= 4 is 21.5 Å². The van der Waals surface area contributed by atoms with Crippen LogP contribution in [0.5, 0.6) is 0 Å². The largest absolute Gasteiger partial charge is 0.378 e. The maximum absolute atomic E-state index is 11.1. The van der Waals surface area contributed by atoms with Crippen molar-refractivity contribution in [2.24, 2.45) is 4.99 Å². The van der Waals surface area contributed by atoms with Crippen LogP contribution in [0.1, 0.15) is 19.8 Å². The van der Waals surface area contributed by atoms with E-state index >= 15 is 0 Å². The molecular weight excluding hydrogens is 364 g/mol. The lowest BCUT2D eigenvalue weighted by molar-refractivity contribution is 0.157. The number of nitrogens with zero attached hydrogens (tertiary/aromatic N) is 2. The third-order valence-electron chi connectivity index (χ3n) is 4.33. The summed E-state index contributed by atoms with van der Waals surface area (Å²) in [5.41, 5.74) is 1.25. The molecule has 0 aliphatic carbocycles. The molecule has 0 bridgehead atoms. The molecule has 7 nitrogen and oxygen atoms in total. The van der Waals surface area contributed by atoms with Gasteiger partial charge in [0.1, 0.15) is 9.84 Å². The predicted octanol–water partition coefficient (Wildman–Crippen LogP) is 1.27. The predicted molar refractivity (Wildman–Crippen MR) is 111 cm³/mol. The molecule has 1 heterocycles. The number of benzene rings is 1. The smallest absolute Gasteiger partial charge is 0.191 e.